The van der Waals surface area contributed by atoms with E-state index in [4.69, 9.17) is 11.6 Å². The van der Waals surface area contributed by atoms with E-state index in [0.717, 1.165) is 41.6 Å². The van der Waals surface area contributed by atoms with Gasteiger partial charge in [-0.05, 0) is 42.2 Å². The van der Waals surface area contributed by atoms with Crippen molar-refractivity contribution < 1.29 is 9.59 Å². The van der Waals surface area contributed by atoms with Gasteiger partial charge in [0.25, 0.3) is 0 Å². The van der Waals surface area contributed by atoms with Crippen LogP contribution in [0.4, 0.5) is 10.5 Å². The first kappa shape index (κ1) is 23.4. The number of anilines is 1. The summed E-state index contributed by atoms with van der Waals surface area (Å²) < 4.78 is 0. The molecule has 0 saturated carbocycles. The Hall–Kier alpha value is -3.31. The fourth-order valence-corrected chi connectivity index (χ4v) is 3.44. The number of benzene rings is 3. The zero-order valence-electron chi connectivity index (χ0n) is 17.9. The summed E-state index contributed by atoms with van der Waals surface area (Å²) in [5.74, 6) is 0.00190. The lowest BCUT2D eigenvalue weighted by atomic mass is 10.0. The Kier molecular flexibility index (Phi) is 9.14. The summed E-state index contributed by atoms with van der Waals surface area (Å²) in [4.78, 5) is 24.2. The zero-order chi connectivity index (χ0) is 22.6. The summed E-state index contributed by atoms with van der Waals surface area (Å²) in [7, 11) is 0. The molecule has 6 heteroatoms. The number of urea groups is 1. The highest BCUT2D eigenvalue weighted by Gasteiger charge is 2.08. The SMILES string of the molecule is O=C(CCCCCNC(=O)NCc1ccc(Cl)cc1)Nc1ccccc1-c1ccccc1. The normalized spacial score (nSPS) is 10.4. The van der Waals surface area contributed by atoms with E-state index in [1.54, 1.807) is 12.1 Å². The molecule has 0 unspecified atom stereocenters. The Morgan fingerprint density at radius 1 is 0.750 bits per heavy atom. The number of amides is 3. The smallest absolute Gasteiger partial charge is 0.315 e. The summed E-state index contributed by atoms with van der Waals surface area (Å²) in [6.07, 6.45) is 2.91. The van der Waals surface area contributed by atoms with E-state index >= 15 is 0 Å². The van der Waals surface area contributed by atoms with Crippen molar-refractivity contribution in [2.45, 2.75) is 32.2 Å². The molecule has 166 valence electrons. The third-order valence-corrected chi connectivity index (χ3v) is 5.27. The van der Waals surface area contributed by atoms with E-state index in [-0.39, 0.29) is 11.9 Å². The number of para-hydroxylation sites is 1. The van der Waals surface area contributed by atoms with Crippen molar-refractivity contribution in [3.05, 3.63) is 89.4 Å². The number of nitrogens with one attached hydrogen (secondary N) is 3. The first-order valence-electron chi connectivity index (χ1n) is 10.8. The molecule has 5 nitrogen and oxygen atoms in total. The topological polar surface area (TPSA) is 70.2 Å². The molecule has 0 spiro atoms. The molecule has 3 amide bonds. The molecule has 3 aromatic rings. The van der Waals surface area contributed by atoms with Crippen molar-refractivity contribution in [3.63, 3.8) is 0 Å². The minimum Gasteiger partial charge on any atom is -0.338 e. The largest absolute Gasteiger partial charge is 0.338 e. The molecule has 3 rings (SSSR count). The average molecular weight is 450 g/mol. The second-order valence-electron chi connectivity index (χ2n) is 7.51. The van der Waals surface area contributed by atoms with Crippen LogP contribution in [0.15, 0.2) is 78.9 Å². The van der Waals surface area contributed by atoms with Crippen molar-refractivity contribution >= 4 is 29.2 Å². The molecule has 0 aliphatic heterocycles. The van der Waals surface area contributed by atoms with Gasteiger partial charge in [-0.25, -0.2) is 4.79 Å². The quantitative estimate of drug-likeness (QED) is 0.332. The van der Waals surface area contributed by atoms with E-state index in [1.165, 1.54) is 0 Å². The molecule has 0 aromatic heterocycles. The lowest BCUT2D eigenvalue weighted by Crippen LogP contribution is -2.35. The monoisotopic (exact) mass is 449 g/mol. The van der Waals surface area contributed by atoms with Gasteiger partial charge in [0.15, 0.2) is 0 Å². The first-order chi connectivity index (χ1) is 15.6. The van der Waals surface area contributed by atoms with Gasteiger partial charge in [-0.2, -0.15) is 0 Å². The maximum atomic E-state index is 12.4. The molecule has 0 heterocycles. The van der Waals surface area contributed by atoms with Crippen molar-refractivity contribution in [2.75, 3.05) is 11.9 Å². The highest BCUT2D eigenvalue weighted by Crippen LogP contribution is 2.27. The summed E-state index contributed by atoms with van der Waals surface area (Å²) in [5.41, 5.74) is 3.89. The van der Waals surface area contributed by atoms with Gasteiger partial charge < -0.3 is 16.0 Å². The number of halogens is 1. The molecule has 0 radical (unpaired) electrons. The number of carbonyl (C=O) groups excluding carboxylic acids is 2. The van der Waals surface area contributed by atoms with Crippen molar-refractivity contribution in [2.24, 2.45) is 0 Å². The van der Waals surface area contributed by atoms with Crippen molar-refractivity contribution in [1.29, 1.82) is 0 Å². The van der Waals surface area contributed by atoms with Gasteiger partial charge in [0.2, 0.25) is 5.91 Å². The van der Waals surface area contributed by atoms with Gasteiger partial charge in [-0.15, -0.1) is 0 Å². The molecule has 0 aliphatic carbocycles. The number of carbonyl (C=O) groups is 2. The van der Waals surface area contributed by atoms with E-state index < -0.39 is 0 Å². The van der Waals surface area contributed by atoms with Gasteiger partial charge in [-0.1, -0.05) is 78.7 Å². The molecule has 0 saturated heterocycles. The molecule has 0 atom stereocenters. The standard InChI is InChI=1S/C26H28ClN3O2/c27-22-16-14-20(15-17-22)19-29-26(32)28-18-8-2-5-13-25(31)30-24-12-7-6-11-23(24)21-9-3-1-4-10-21/h1,3-4,6-7,9-12,14-17H,2,5,8,13,18-19H2,(H,30,31)(H2,28,29,32). The zero-order valence-corrected chi connectivity index (χ0v) is 18.7. The summed E-state index contributed by atoms with van der Waals surface area (Å²) in [5, 5.41) is 9.36. The lowest BCUT2D eigenvalue weighted by Gasteiger charge is -2.11. The number of hydrogen-bond donors (Lipinski definition) is 3. The van der Waals surface area contributed by atoms with Crippen LogP contribution in [-0.2, 0) is 11.3 Å². The Bertz CT molecular complexity index is 1010. The average Bonchev–Trinajstić information content (AvgIpc) is 2.82. The van der Waals surface area contributed by atoms with E-state index in [2.05, 4.69) is 16.0 Å². The summed E-state index contributed by atoms with van der Waals surface area (Å²) in [6.45, 7) is 1.03. The molecule has 0 bridgehead atoms. The Morgan fingerprint density at radius 3 is 2.25 bits per heavy atom. The predicted octanol–water partition coefficient (Wildman–Crippen LogP) is 6.01. The van der Waals surface area contributed by atoms with E-state index in [9.17, 15) is 9.59 Å². The van der Waals surface area contributed by atoms with Crippen LogP contribution in [0.25, 0.3) is 11.1 Å². The van der Waals surface area contributed by atoms with E-state index in [1.807, 2.05) is 66.7 Å². The van der Waals surface area contributed by atoms with Crippen LogP contribution in [0.3, 0.4) is 0 Å². The molecule has 3 aromatic carbocycles. The van der Waals surface area contributed by atoms with Crippen LogP contribution in [0.1, 0.15) is 31.2 Å². The third kappa shape index (κ3) is 7.75. The number of rotatable bonds is 10. The van der Waals surface area contributed by atoms with Gasteiger partial charge in [0.1, 0.15) is 0 Å². The minimum absolute atomic E-state index is 0.00190. The number of hydrogen-bond acceptors (Lipinski definition) is 2. The molecular weight excluding hydrogens is 422 g/mol. The van der Waals surface area contributed by atoms with Gasteiger partial charge in [-0.3, -0.25) is 4.79 Å². The van der Waals surface area contributed by atoms with E-state index in [0.29, 0.717) is 24.5 Å². The van der Waals surface area contributed by atoms with Gasteiger partial charge in [0, 0.05) is 35.8 Å². The number of unbranched alkanes of at least 4 members (excludes halogenated alkanes) is 2. The summed E-state index contributed by atoms with van der Waals surface area (Å²) >= 11 is 5.85. The third-order valence-electron chi connectivity index (χ3n) is 5.02. The highest BCUT2D eigenvalue weighted by atomic mass is 35.5. The molecule has 32 heavy (non-hydrogen) atoms. The van der Waals surface area contributed by atoms with Crippen LogP contribution in [-0.4, -0.2) is 18.5 Å². The second-order valence-corrected chi connectivity index (χ2v) is 7.94. The minimum atomic E-state index is -0.199. The van der Waals surface area contributed by atoms with Crippen LogP contribution in [0.2, 0.25) is 5.02 Å². The summed E-state index contributed by atoms with van der Waals surface area (Å²) in [6, 6.07) is 25.0. The maximum Gasteiger partial charge on any atom is 0.315 e. The maximum absolute atomic E-state index is 12.4. The Morgan fingerprint density at radius 2 is 1.47 bits per heavy atom. The first-order valence-corrected chi connectivity index (χ1v) is 11.2. The van der Waals surface area contributed by atoms with Crippen LogP contribution in [0, 0.1) is 0 Å². The molecule has 0 fully saturated rings. The lowest BCUT2D eigenvalue weighted by molar-refractivity contribution is -0.116. The molecule has 3 N–H and O–H groups in total. The Labute approximate surface area is 194 Å². The van der Waals surface area contributed by atoms with Crippen LogP contribution >= 0.6 is 11.6 Å². The molecular formula is C26H28ClN3O2. The van der Waals surface area contributed by atoms with Gasteiger partial charge in [0.05, 0.1) is 0 Å². The van der Waals surface area contributed by atoms with Crippen molar-refractivity contribution in [1.82, 2.24) is 10.6 Å². The van der Waals surface area contributed by atoms with Crippen LogP contribution in [0.5, 0.6) is 0 Å². The molecule has 0 aliphatic rings. The van der Waals surface area contributed by atoms with Gasteiger partial charge >= 0.3 is 6.03 Å². The second kappa shape index (κ2) is 12.5. The van der Waals surface area contributed by atoms with Crippen LogP contribution < -0.4 is 16.0 Å². The fraction of sp³-hybridized carbons (Fsp3) is 0.231. The van der Waals surface area contributed by atoms with Crippen molar-refractivity contribution in [3.8, 4) is 11.1 Å². The highest BCUT2D eigenvalue weighted by molar-refractivity contribution is 6.30. The fourth-order valence-electron chi connectivity index (χ4n) is 3.31. The Balaban J connectivity index is 1.31. The predicted molar refractivity (Wildman–Crippen MR) is 131 cm³/mol.